The van der Waals surface area contributed by atoms with E-state index in [0.29, 0.717) is 11.1 Å². The van der Waals surface area contributed by atoms with Gasteiger partial charge in [0.25, 0.3) is 0 Å². The first-order valence-corrected chi connectivity index (χ1v) is 14.7. The van der Waals surface area contributed by atoms with Crippen LogP contribution < -0.4 is 0 Å². The van der Waals surface area contributed by atoms with E-state index in [1.54, 1.807) is 0 Å². The molecule has 6 heteroatoms. The largest absolute Gasteiger partial charge is 0.128 e. The molecule has 0 heterocycles. The Morgan fingerprint density at radius 3 is 1.00 bits per heavy atom. The van der Waals surface area contributed by atoms with Gasteiger partial charge in [0.1, 0.15) is 8.67 Å². The van der Waals surface area contributed by atoms with Gasteiger partial charge in [-0.2, -0.15) is 0 Å². The molecule has 0 nitrogen and oxygen atoms in total. The molecule has 100 valence electrons. The fourth-order valence-electron chi connectivity index (χ4n) is 4.08. The molecule has 2 aliphatic carbocycles. The van der Waals surface area contributed by atoms with Gasteiger partial charge in [-0.15, -0.1) is 46.4 Å². The normalized spacial score (nSPS) is 42.7. The third-order valence-electron chi connectivity index (χ3n) is 4.30. The zero-order valence-corrected chi connectivity index (χ0v) is 16.2. The molecule has 0 saturated heterocycles. The van der Waals surface area contributed by atoms with Crippen molar-refractivity contribution in [2.75, 3.05) is 0 Å². The molecule has 0 aromatic rings. The maximum absolute atomic E-state index is 6.58. The maximum atomic E-state index is 6.58. The summed E-state index contributed by atoms with van der Waals surface area (Å²) in [6.07, 6.45) is 0. The second-order valence-corrected chi connectivity index (χ2v) is 21.1. The second-order valence-electron chi connectivity index (χ2n) is 7.71. The van der Waals surface area contributed by atoms with Crippen LogP contribution in [0.5, 0.6) is 0 Å². The van der Waals surface area contributed by atoms with Crippen molar-refractivity contribution in [2.24, 2.45) is 5.41 Å². The van der Waals surface area contributed by atoms with E-state index in [-0.39, 0.29) is 5.41 Å². The lowest BCUT2D eigenvalue weighted by molar-refractivity contribution is 0.844. The fraction of sp³-hybridized carbons (Fsp3) is 1.00. The van der Waals surface area contributed by atoms with E-state index in [1.165, 1.54) is 0 Å². The molecule has 1 spiro atoms. The Labute approximate surface area is 126 Å². The third kappa shape index (κ3) is 1.61. The lowest BCUT2D eigenvalue weighted by Gasteiger charge is -2.17. The van der Waals surface area contributed by atoms with Crippen molar-refractivity contribution in [2.45, 2.75) is 59.0 Å². The van der Waals surface area contributed by atoms with E-state index >= 15 is 0 Å². The van der Waals surface area contributed by atoms with Crippen LogP contribution in [0.2, 0.25) is 50.4 Å². The number of alkyl halides is 4. The number of hydrogen-bond acceptors (Lipinski definition) is 0. The molecule has 0 aromatic carbocycles. The van der Waals surface area contributed by atoms with E-state index in [0.717, 1.165) is 0 Å². The van der Waals surface area contributed by atoms with Crippen molar-refractivity contribution >= 4 is 62.6 Å². The average molecular weight is 350 g/mol. The lowest BCUT2D eigenvalue weighted by atomic mass is 10.4. The van der Waals surface area contributed by atoms with Crippen LogP contribution in [0.1, 0.15) is 0 Å². The minimum atomic E-state index is -1.45. The van der Waals surface area contributed by atoms with Gasteiger partial charge in [-0.3, -0.25) is 0 Å². The van der Waals surface area contributed by atoms with Crippen molar-refractivity contribution in [3.8, 4) is 0 Å². The Morgan fingerprint density at radius 1 is 0.647 bits per heavy atom. The Balaban J connectivity index is 2.43. The van der Waals surface area contributed by atoms with Crippen LogP contribution in [0.15, 0.2) is 0 Å². The second kappa shape index (κ2) is 3.43. The minimum Gasteiger partial charge on any atom is -0.101 e. The summed E-state index contributed by atoms with van der Waals surface area (Å²) < 4.78 is -1.40. The van der Waals surface area contributed by atoms with Crippen LogP contribution >= 0.6 is 46.4 Å². The zero-order valence-electron chi connectivity index (χ0n) is 11.2. The van der Waals surface area contributed by atoms with E-state index in [4.69, 9.17) is 46.4 Å². The molecular formula is C11H20Cl4Si2. The van der Waals surface area contributed by atoms with Gasteiger partial charge in [-0.1, -0.05) is 39.3 Å². The molecule has 0 aromatic heterocycles. The molecule has 2 aliphatic rings. The number of rotatable bonds is 2. The first-order chi connectivity index (χ1) is 7.23. The maximum Gasteiger partial charge on any atom is 0.128 e. The lowest BCUT2D eigenvalue weighted by Crippen LogP contribution is -2.25. The van der Waals surface area contributed by atoms with Crippen molar-refractivity contribution in [1.82, 2.24) is 0 Å². The SMILES string of the molecule is C[Si](C)(C)C1C(Cl)(Cl)C12C([Si](C)(C)C)C2(Cl)Cl. The molecule has 0 amide bonds. The molecule has 2 rings (SSSR count). The van der Waals surface area contributed by atoms with Crippen molar-refractivity contribution in [3.05, 3.63) is 0 Å². The Morgan fingerprint density at radius 2 is 0.882 bits per heavy atom. The van der Waals surface area contributed by atoms with Crippen molar-refractivity contribution in [1.29, 1.82) is 0 Å². The third-order valence-corrected chi connectivity index (χ3v) is 12.4. The highest BCUT2D eigenvalue weighted by Gasteiger charge is 3.01. The summed E-state index contributed by atoms with van der Waals surface area (Å²) in [7, 11) is -2.90. The average Bonchev–Trinajstić information content (AvgIpc) is 2.60. The van der Waals surface area contributed by atoms with Crippen LogP contribution in [0.3, 0.4) is 0 Å². The van der Waals surface area contributed by atoms with Crippen LogP contribution in [-0.2, 0) is 0 Å². The summed E-state index contributed by atoms with van der Waals surface area (Å²) >= 11 is 26.3. The molecule has 2 saturated carbocycles. The standard InChI is InChI=1S/C11H20Cl4Si2/c1-16(2,3)7-9(10(7,12)13)8(11(9,14)15)17(4,5)6/h7-8H,1-6H3. The van der Waals surface area contributed by atoms with E-state index in [1.807, 2.05) is 0 Å². The van der Waals surface area contributed by atoms with Gasteiger partial charge in [0.15, 0.2) is 0 Å². The zero-order chi connectivity index (χ0) is 13.7. The van der Waals surface area contributed by atoms with Crippen LogP contribution in [0, 0.1) is 5.41 Å². The first-order valence-electron chi connectivity index (χ1n) is 5.99. The molecule has 2 atom stereocenters. The predicted octanol–water partition coefficient (Wildman–Crippen LogP) is 5.76. The van der Waals surface area contributed by atoms with Gasteiger partial charge in [0.2, 0.25) is 0 Å². The summed E-state index contributed by atoms with van der Waals surface area (Å²) in [6, 6.07) is 0. The Hall–Kier alpha value is 1.59. The summed E-state index contributed by atoms with van der Waals surface area (Å²) in [5.41, 5.74) is 0.413. The minimum absolute atomic E-state index is 0.221. The summed E-state index contributed by atoms with van der Waals surface area (Å²) in [4.78, 5) is 0. The molecule has 0 bridgehead atoms. The Kier molecular flexibility index (Phi) is 3.02. The molecule has 17 heavy (non-hydrogen) atoms. The Bertz CT molecular complexity index is 329. The topological polar surface area (TPSA) is 0 Å². The molecular weight excluding hydrogens is 330 g/mol. The van der Waals surface area contributed by atoms with E-state index < -0.39 is 24.8 Å². The smallest absolute Gasteiger partial charge is 0.101 e. The van der Waals surface area contributed by atoms with Gasteiger partial charge in [0.05, 0.1) is 16.1 Å². The van der Waals surface area contributed by atoms with Crippen LogP contribution in [-0.4, -0.2) is 24.8 Å². The number of halogens is 4. The first kappa shape index (κ1) is 15.0. The quantitative estimate of drug-likeness (QED) is 0.438. The van der Waals surface area contributed by atoms with Gasteiger partial charge in [-0.05, 0) is 11.1 Å². The molecule has 2 fully saturated rings. The van der Waals surface area contributed by atoms with Gasteiger partial charge >= 0.3 is 0 Å². The van der Waals surface area contributed by atoms with E-state index in [2.05, 4.69) is 39.3 Å². The highest BCUT2D eigenvalue weighted by atomic mass is 35.5. The molecule has 0 radical (unpaired) electrons. The summed E-state index contributed by atoms with van der Waals surface area (Å²) in [5.74, 6) is 0. The van der Waals surface area contributed by atoms with Crippen LogP contribution in [0.4, 0.5) is 0 Å². The van der Waals surface area contributed by atoms with E-state index in [9.17, 15) is 0 Å². The highest BCUT2D eigenvalue weighted by molar-refractivity contribution is 6.88. The molecule has 0 N–H and O–H groups in total. The van der Waals surface area contributed by atoms with Gasteiger partial charge < -0.3 is 0 Å². The highest BCUT2D eigenvalue weighted by Crippen LogP contribution is 3.00. The fourth-order valence-corrected chi connectivity index (χ4v) is 17.5. The monoisotopic (exact) mass is 348 g/mol. The number of hydrogen-bond donors (Lipinski definition) is 0. The summed E-state index contributed by atoms with van der Waals surface area (Å²) in [5, 5.41) is 0. The van der Waals surface area contributed by atoms with Crippen molar-refractivity contribution < 1.29 is 0 Å². The summed E-state index contributed by atoms with van der Waals surface area (Å²) in [6.45, 7) is 13.8. The van der Waals surface area contributed by atoms with Crippen molar-refractivity contribution in [3.63, 3.8) is 0 Å². The van der Waals surface area contributed by atoms with Gasteiger partial charge in [0, 0.05) is 5.41 Å². The van der Waals surface area contributed by atoms with Gasteiger partial charge in [-0.25, -0.2) is 0 Å². The molecule has 0 aliphatic heterocycles. The molecule has 2 unspecified atom stereocenters. The predicted molar refractivity (Wildman–Crippen MR) is 85.5 cm³/mol. The van der Waals surface area contributed by atoms with Crippen LogP contribution in [0.25, 0.3) is 0 Å².